The van der Waals surface area contributed by atoms with E-state index in [4.69, 9.17) is 9.47 Å². The van der Waals surface area contributed by atoms with Crippen LogP contribution in [0, 0.1) is 6.92 Å². The van der Waals surface area contributed by atoms with Gasteiger partial charge in [0.25, 0.3) is 0 Å². The molecule has 27 heavy (non-hydrogen) atoms. The van der Waals surface area contributed by atoms with E-state index in [2.05, 4.69) is 5.32 Å². The first-order valence-electron chi connectivity index (χ1n) is 8.12. The smallest absolute Gasteiger partial charge is 0.416 e. The number of methoxy groups -OCH3 is 1. The third kappa shape index (κ3) is 6.80. The minimum atomic E-state index is -4.51. The summed E-state index contributed by atoms with van der Waals surface area (Å²) < 4.78 is 49.2. The van der Waals surface area contributed by atoms with Gasteiger partial charge >= 0.3 is 6.18 Å². The van der Waals surface area contributed by atoms with Crippen molar-refractivity contribution in [1.29, 1.82) is 0 Å². The Kier molecular flexibility index (Phi) is 7.55. The van der Waals surface area contributed by atoms with Gasteiger partial charge in [0.2, 0.25) is 5.91 Å². The molecular formula is C19H20F3NO3S. The molecule has 2 rings (SSSR count). The van der Waals surface area contributed by atoms with E-state index in [1.807, 2.05) is 31.2 Å². The van der Waals surface area contributed by atoms with Gasteiger partial charge in [-0.1, -0.05) is 17.7 Å². The number of thioether (sulfide) groups is 1. The van der Waals surface area contributed by atoms with Gasteiger partial charge in [-0.2, -0.15) is 13.2 Å². The number of rotatable bonds is 8. The van der Waals surface area contributed by atoms with Crippen LogP contribution in [0.2, 0.25) is 0 Å². The highest BCUT2D eigenvalue weighted by molar-refractivity contribution is 8.00. The monoisotopic (exact) mass is 399 g/mol. The fourth-order valence-electron chi connectivity index (χ4n) is 2.13. The van der Waals surface area contributed by atoms with Crippen molar-refractivity contribution in [2.24, 2.45) is 0 Å². The second kappa shape index (κ2) is 9.66. The van der Waals surface area contributed by atoms with Gasteiger partial charge in [-0.05, 0) is 37.3 Å². The maximum atomic E-state index is 13.0. The number of amides is 1. The number of aryl methyl sites for hydroxylation is 1. The average molecular weight is 399 g/mol. The van der Waals surface area contributed by atoms with Crippen LogP contribution in [-0.2, 0) is 15.7 Å². The summed E-state index contributed by atoms with van der Waals surface area (Å²) >= 11 is 1.30. The van der Waals surface area contributed by atoms with Crippen molar-refractivity contribution in [2.75, 3.05) is 31.4 Å². The molecule has 0 aliphatic heterocycles. The van der Waals surface area contributed by atoms with E-state index in [0.717, 1.165) is 22.6 Å². The summed E-state index contributed by atoms with van der Waals surface area (Å²) in [5.41, 5.74) is 0.226. The topological polar surface area (TPSA) is 47.6 Å². The quantitative estimate of drug-likeness (QED) is 0.513. The number of carbonyl (C=O) groups excluding carboxylic acids is 1. The lowest BCUT2D eigenvalue weighted by atomic mass is 10.1. The predicted octanol–water partition coefficient (Wildman–Crippen LogP) is 4.77. The van der Waals surface area contributed by atoms with E-state index in [-0.39, 0.29) is 30.4 Å². The highest BCUT2D eigenvalue weighted by Gasteiger charge is 2.31. The van der Waals surface area contributed by atoms with E-state index >= 15 is 0 Å². The zero-order valence-electron chi connectivity index (χ0n) is 14.9. The Morgan fingerprint density at radius 3 is 2.44 bits per heavy atom. The molecule has 0 aliphatic rings. The lowest BCUT2D eigenvalue weighted by Gasteiger charge is -2.15. The van der Waals surface area contributed by atoms with Gasteiger partial charge < -0.3 is 14.8 Å². The molecule has 0 heterocycles. The second-order valence-corrected chi connectivity index (χ2v) is 6.75. The molecule has 0 spiro atoms. The number of ether oxygens (including phenoxy) is 2. The van der Waals surface area contributed by atoms with E-state index in [1.165, 1.54) is 24.9 Å². The molecule has 1 amide bonds. The van der Waals surface area contributed by atoms with E-state index < -0.39 is 17.6 Å². The molecule has 0 aliphatic carbocycles. The van der Waals surface area contributed by atoms with E-state index in [9.17, 15) is 18.0 Å². The zero-order valence-corrected chi connectivity index (χ0v) is 15.7. The van der Waals surface area contributed by atoms with Gasteiger partial charge in [-0.15, -0.1) is 11.8 Å². The van der Waals surface area contributed by atoms with Crippen LogP contribution in [0.1, 0.15) is 11.1 Å². The van der Waals surface area contributed by atoms with Gasteiger partial charge in [0.1, 0.15) is 12.4 Å². The van der Waals surface area contributed by atoms with Gasteiger partial charge in [0.15, 0.2) is 0 Å². The number of carbonyl (C=O) groups is 1. The standard InChI is InChI=1S/C19H20F3NO3S/c1-13-3-6-15(7-4-13)27-12-18(24)23-16-11-14(19(20,21)22)5-8-17(16)26-10-9-25-2/h3-8,11H,9-10,12H2,1-2H3,(H,23,24). The van der Waals surface area contributed by atoms with Crippen molar-refractivity contribution in [1.82, 2.24) is 0 Å². The molecular weight excluding hydrogens is 379 g/mol. The number of benzene rings is 2. The summed E-state index contributed by atoms with van der Waals surface area (Å²) in [7, 11) is 1.49. The van der Waals surface area contributed by atoms with Crippen LogP contribution < -0.4 is 10.1 Å². The molecule has 0 bridgehead atoms. The summed E-state index contributed by atoms with van der Waals surface area (Å²) in [6.45, 7) is 2.39. The summed E-state index contributed by atoms with van der Waals surface area (Å²) in [6, 6.07) is 10.6. The molecule has 0 aromatic heterocycles. The maximum absolute atomic E-state index is 13.0. The zero-order chi connectivity index (χ0) is 19.9. The average Bonchev–Trinajstić information content (AvgIpc) is 2.62. The van der Waals surface area contributed by atoms with Crippen LogP contribution in [0.25, 0.3) is 0 Å². The summed E-state index contributed by atoms with van der Waals surface area (Å²) in [6.07, 6.45) is -4.51. The molecule has 146 valence electrons. The number of nitrogens with one attached hydrogen (secondary N) is 1. The first-order valence-corrected chi connectivity index (χ1v) is 9.10. The van der Waals surface area contributed by atoms with Crippen LogP contribution in [-0.4, -0.2) is 32.0 Å². The van der Waals surface area contributed by atoms with E-state index in [0.29, 0.717) is 0 Å². The second-order valence-electron chi connectivity index (χ2n) is 5.70. The van der Waals surface area contributed by atoms with Crippen LogP contribution in [0.3, 0.4) is 0 Å². The molecule has 0 saturated heterocycles. The molecule has 2 aromatic carbocycles. The Labute approximate surface area is 160 Å². The predicted molar refractivity (Wildman–Crippen MR) is 99.3 cm³/mol. The van der Waals surface area contributed by atoms with Crippen LogP contribution in [0.15, 0.2) is 47.4 Å². The number of hydrogen-bond donors (Lipinski definition) is 1. The molecule has 4 nitrogen and oxygen atoms in total. The van der Waals surface area contributed by atoms with Crippen molar-refractivity contribution in [2.45, 2.75) is 18.0 Å². The van der Waals surface area contributed by atoms with Gasteiger partial charge in [-0.3, -0.25) is 4.79 Å². The van der Waals surface area contributed by atoms with Crippen molar-refractivity contribution in [3.05, 3.63) is 53.6 Å². The van der Waals surface area contributed by atoms with Crippen LogP contribution >= 0.6 is 11.8 Å². The third-order valence-electron chi connectivity index (χ3n) is 3.52. The number of halogens is 3. The first-order chi connectivity index (χ1) is 12.8. The number of hydrogen-bond acceptors (Lipinski definition) is 4. The molecule has 0 fully saturated rings. The summed E-state index contributed by atoms with van der Waals surface area (Å²) in [4.78, 5) is 13.1. The fourth-order valence-corrected chi connectivity index (χ4v) is 2.83. The lowest BCUT2D eigenvalue weighted by Crippen LogP contribution is -2.16. The molecule has 0 radical (unpaired) electrons. The largest absolute Gasteiger partial charge is 0.489 e. The maximum Gasteiger partial charge on any atom is 0.416 e. The Bertz CT molecular complexity index is 764. The van der Waals surface area contributed by atoms with E-state index in [1.54, 1.807) is 0 Å². The van der Waals surface area contributed by atoms with Gasteiger partial charge in [0.05, 0.1) is 23.6 Å². The van der Waals surface area contributed by atoms with Crippen molar-refractivity contribution in [3.63, 3.8) is 0 Å². The molecule has 8 heteroatoms. The summed E-state index contributed by atoms with van der Waals surface area (Å²) in [5.74, 6) is -0.193. The number of alkyl halides is 3. The van der Waals surface area contributed by atoms with Crippen LogP contribution in [0.4, 0.5) is 18.9 Å². The highest BCUT2D eigenvalue weighted by atomic mass is 32.2. The first kappa shape index (κ1) is 21.1. The van der Waals surface area contributed by atoms with Crippen LogP contribution in [0.5, 0.6) is 5.75 Å². The Balaban J connectivity index is 2.08. The Morgan fingerprint density at radius 2 is 1.81 bits per heavy atom. The molecule has 0 unspecified atom stereocenters. The minimum absolute atomic E-state index is 0.0181. The minimum Gasteiger partial charge on any atom is -0.489 e. The van der Waals surface area contributed by atoms with Crippen molar-refractivity contribution < 1.29 is 27.4 Å². The number of anilines is 1. The molecule has 0 atom stereocenters. The molecule has 0 saturated carbocycles. The van der Waals surface area contributed by atoms with Gasteiger partial charge in [-0.25, -0.2) is 0 Å². The Hall–Kier alpha value is -2.19. The van der Waals surface area contributed by atoms with Gasteiger partial charge in [0, 0.05) is 12.0 Å². The molecule has 1 N–H and O–H groups in total. The third-order valence-corrected chi connectivity index (χ3v) is 4.53. The lowest BCUT2D eigenvalue weighted by molar-refractivity contribution is -0.137. The summed E-state index contributed by atoms with van der Waals surface area (Å²) in [5, 5.41) is 2.51. The molecule has 2 aromatic rings. The van der Waals surface area contributed by atoms with Crippen molar-refractivity contribution in [3.8, 4) is 5.75 Å². The Morgan fingerprint density at radius 1 is 1.11 bits per heavy atom. The normalized spacial score (nSPS) is 11.3. The SMILES string of the molecule is COCCOc1ccc(C(F)(F)F)cc1NC(=O)CSc1ccc(C)cc1. The fraction of sp³-hybridized carbons (Fsp3) is 0.316. The highest BCUT2D eigenvalue weighted by Crippen LogP contribution is 2.35. The van der Waals surface area contributed by atoms with Crippen molar-refractivity contribution >= 4 is 23.4 Å².